The second-order valence-electron chi connectivity index (χ2n) is 7.21. The third kappa shape index (κ3) is 13.6. The van der Waals surface area contributed by atoms with Crippen molar-refractivity contribution in [3.63, 3.8) is 0 Å². The summed E-state index contributed by atoms with van der Waals surface area (Å²) in [6.07, 6.45) is 0.181. The van der Waals surface area contributed by atoms with E-state index in [9.17, 15) is 19.2 Å². The normalized spacial score (nSPS) is 10.1. The van der Waals surface area contributed by atoms with Gasteiger partial charge >= 0.3 is 35.0 Å². The molecule has 0 bridgehead atoms. The summed E-state index contributed by atoms with van der Waals surface area (Å²) in [5.41, 5.74) is 13.3. The van der Waals surface area contributed by atoms with Crippen LogP contribution in [0.2, 0.25) is 0 Å². The molecule has 0 fully saturated rings. The molecule has 9 N–H and O–H groups in total. The summed E-state index contributed by atoms with van der Waals surface area (Å²) >= 11 is 1.65. The van der Waals surface area contributed by atoms with E-state index in [-0.39, 0.29) is 23.7 Å². The molecule has 17 heteroatoms. The molecule has 210 valence electrons. The van der Waals surface area contributed by atoms with Crippen LogP contribution in [0.4, 0.5) is 5.82 Å². The number of carboxylic acids is 4. The molecule has 0 saturated carbocycles. The molecule has 0 amide bonds. The largest absolute Gasteiger partial charge is 1.00 e. The van der Waals surface area contributed by atoms with Gasteiger partial charge in [0.15, 0.2) is 17.8 Å². The molecule has 2 aromatic rings. The molecule has 0 aliphatic carbocycles. The van der Waals surface area contributed by atoms with Gasteiger partial charge in [-0.3, -0.25) is 14.4 Å². The Bertz CT molecular complexity index is 1050. The first kappa shape index (κ1) is 35.9. The number of carbonyl (C=O) groups is 4. The average Bonchev–Trinajstić information content (AvgIpc) is 3.09. The average molecular weight is 595 g/mol. The first-order valence-electron chi connectivity index (χ1n) is 10.1. The van der Waals surface area contributed by atoms with Crippen molar-refractivity contribution in [2.45, 2.75) is 45.3 Å². The Morgan fingerprint density at radius 2 is 1.59 bits per heavy atom. The van der Waals surface area contributed by atoms with Crippen LogP contribution in [0.5, 0.6) is 0 Å². The zero-order valence-corrected chi connectivity index (χ0v) is 21.6. The van der Waals surface area contributed by atoms with Gasteiger partial charge < -0.3 is 42.1 Å². The molecule has 2 heterocycles. The zero-order chi connectivity index (χ0) is 28.1. The van der Waals surface area contributed by atoms with E-state index in [1.54, 1.807) is 17.5 Å². The SMILES string of the molecule is Cc1ncc(C[n+]2csc(CCO)c2C)c(N)n1.O=C(O)CC(O)(CC(=O)O)C(=O)O.[Cu+].[NH-]CC(=O)O. The van der Waals surface area contributed by atoms with Crippen LogP contribution < -0.4 is 10.3 Å². The van der Waals surface area contributed by atoms with Crippen molar-refractivity contribution in [2.75, 3.05) is 18.9 Å². The summed E-state index contributed by atoms with van der Waals surface area (Å²) in [5.74, 6) is -4.88. The van der Waals surface area contributed by atoms with Gasteiger partial charge in [-0.2, -0.15) is 4.57 Å². The Hall–Kier alpha value is -3.21. The number of aryl methyl sites for hydroxylation is 1. The van der Waals surface area contributed by atoms with Gasteiger partial charge in [0.1, 0.15) is 11.6 Å². The number of aliphatic carboxylic acids is 4. The van der Waals surface area contributed by atoms with Crippen LogP contribution in [0, 0.1) is 13.8 Å². The van der Waals surface area contributed by atoms with Gasteiger partial charge in [0.25, 0.3) is 5.97 Å². The molecule has 37 heavy (non-hydrogen) atoms. The molecule has 0 unspecified atom stereocenters. The minimum Gasteiger partial charge on any atom is -0.668 e. The van der Waals surface area contributed by atoms with Crippen LogP contribution >= 0.6 is 11.3 Å². The van der Waals surface area contributed by atoms with Crippen LogP contribution in [0.25, 0.3) is 5.73 Å². The number of nitrogens with zero attached hydrogens (tertiary/aromatic N) is 3. The number of nitrogens with one attached hydrogen (secondary N) is 1. The summed E-state index contributed by atoms with van der Waals surface area (Å²) in [7, 11) is 0. The van der Waals surface area contributed by atoms with E-state index in [4.69, 9.17) is 42.1 Å². The summed E-state index contributed by atoms with van der Waals surface area (Å²) in [6, 6.07) is 0. The summed E-state index contributed by atoms with van der Waals surface area (Å²) in [5, 5.41) is 50.3. The molecule has 2 rings (SSSR count). The molecule has 0 saturated heterocycles. The molecule has 0 aliphatic rings. The smallest absolute Gasteiger partial charge is 0.668 e. The standard InChI is InChI=1S/C12H17N4OS.C6H8O7.C2H4NO2.Cu/c1-8-11(3-4-17)18-7-16(8)6-10-5-14-9(2)15-12(10)13;7-3(8)1-6(13,5(11)12)2-4(9)10;3-1-2(4)5;/h5,7,17H,3-4,6H2,1-2H3,(H2,13,14,15);13H,1-2H2,(H,7,8)(H,9,10)(H,11,12);3H,1H2,(H,4,5);/q+1;;-1;+1. The Balaban J connectivity index is 0. The van der Waals surface area contributed by atoms with E-state index in [0.29, 0.717) is 24.6 Å². The Labute approximate surface area is 225 Å². The second kappa shape index (κ2) is 17.3. The number of thiazole rings is 1. The molecule has 0 atom stereocenters. The molecular weight excluding hydrogens is 566 g/mol. The van der Waals surface area contributed by atoms with E-state index in [1.807, 2.05) is 19.4 Å². The van der Waals surface area contributed by atoms with Crippen LogP contribution in [0.15, 0.2) is 11.7 Å². The van der Waals surface area contributed by atoms with E-state index in [1.165, 1.54) is 4.88 Å². The fraction of sp³-hybridized carbons (Fsp3) is 0.450. The van der Waals surface area contributed by atoms with Gasteiger partial charge in [-0.25, -0.2) is 14.8 Å². The number of nitrogens with two attached hydrogens (primary N) is 1. The second-order valence-corrected chi connectivity index (χ2v) is 8.15. The topological polar surface area (TPSA) is 269 Å². The first-order chi connectivity index (χ1) is 16.7. The monoisotopic (exact) mass is 594 g/mol. The van der Waals surface area contributed by atoms with Gasteiger partial charge in [0.05, 0.1) is 23.3 Å². The first-order valence-corrected chi connectivity index (χ1v) is 11.0. The zero-order valence-electron chi connectivity index (χ0n) is 19.8. The number of aliphatic hydroxyl groups is 2. The molecular formula is C20H29CuN5O10S+. The Morgan fingerprint density at radius 3 is 1.97 bits per heavy atom. The fourth-order valence-corrected chi connectivity index (χ4v) is 3.46. The van der Waals surface area contributed by atoms with Crippen molar-refractivity contribution in [3.8, 4) is 0 Å². The molecule has 0 aromatic carbocycles. The summed E-state index contributed by atoms with van der Waals surface area (Å²) < 4.78 is 2.11. The van der Waals surface area contributed by atoms with Gasteiger partial charge in [-0.15, -0.1) is 0 Å². The summed E-state index contributed by atoms with van der Waals surface area (Å²) in [6.45, 7) is 4.19. The maximum atomic E-state index is 10.3. The third-order valence-corrected chi connectivity index (χ3v) is 5.44. The maximum Gasteiger partial charge on any atom is 1.00 e. The van der Waals surface area contributed by atoms with Crippen LogP contribution in [-0.2, 0) is 49.2 Å². The van der Waals surface area contributed by atoms with Crippen LogP contribution in [0.1, 0.15) is 34.8 Å². The van der Waals surface area contributed by atoms with E-state index >= 15 is 0 Å². The minimum atomic E-state index is -2.74. The van der Waals surface area contributed by atoms with Gasteiger partial charge in [0.2, 0.25) is 5.51 Å². The van der Waals surface area contributed by atoms with Crippen LogP contribution in [0.3, 0.4) is 0 Å². The number of rotatable bonds is 10. The van der Waals surface area contributed by atoms with Crippen molar-refractivity contribution < 1.29 is 71.5 Å². The third-order valence-electron chi connectivity index (χ3n) is 4.29. The molecule has 0 aliphatic heterocycles. The van der Waals surface area contributed by atoms with Gasteiger partial charge in [-0.1, -0.05) is 17.9 Å². The molecule has 15 nitrogen and oxygen atoms in total. The number of hydrogen-bond donors (Lipinski definition) is 7. The number of nitrogen functional groups attached to an aromatic ring is 1. The number of hydrogen-bond acceptors (Lipinski definition) is 10. The van der Waals surface area contributed by atoms with Crippen molar-refractivity contribution in [2.24, 2.45) is 0 Å². The van der Waals surface area contributed by atoms with Crippen molar-refractivity contribution in [1.82, 2.24) is 9.97 Å². The Kier molecular flexibility index (Phi) is 16.8. The van der Waals surface area contributed by atoms with E-state index in [0.717, 1.165) is 11.3 Å². The van der Waals surface area contributed by atoms with Crippen molar-refractivity contribution in [1.29, 1.82) is 0 Å². The molecule has 0 radical (unpaired) electrons. The van der Waals surface area contributed by atoms with E-state index < -0.39 is 48.9 Å². The van der Waals surface area contributed by atoms with Crippen molar-refractivity contribution in [3.05, 3.63) is 39.4 Å². The molecule has 2 aromatic heterocycles. The number of aromatic nitrogens is 3. The van der Waals surface area contributed by atoms with Crippen molar-refractivity contribution >= 4 is 41.0 Å². The quantitative estimate of drug-likeness (QED) is 0.135. The fourth-order valence-electron chi connectivity index (χ4n) is 2.48. The molecule has 0 spiro atoms. The summed E-state index contributed by atoms with van der Waals surface area (Å²) in [4.78, 5) is 49.2. The van der Waals surface area contributed by atoms with E-state index in [2.05, 4.69) is 14.5 Å². The van der Waals surface area contributed by atoms with Gasteiger partial charge in [0, 0.05) is 26.1 Å². The predicted octanol–water partition coefficient (Wildman–Crippen LogP) is -0.520. The van der Waals surface area contributed by atoms with Gasteiger partial charge in [-0.05, 0) is 6.92 Å². The Morgan fingerprint density at radius 1 is 1.08 bits per heavy atom. The number of anilines is 1. The maximum absolute atomic E-state index is 10.3. The minimum absolute atomic E-state index is 0. The number of aliphatic hydroxyl groups excluding tert-OH is 1. The van der Waals surface area contributed by atoms with Crippen LogP contribution in [-0.4, -0.2) is 83.2 Å². The predicted molar refractivity (Wildman–Crippen MR) is 124 cm³/mol. The number of carboxylic acid groups (broad SMARTS) is 4.